The van der Waals surface area contributed by atoms with Crippen molar-refractivity contribution in [2.24, 2.45) is 0 Å². The van der Waals surface area contributed by atoms with Crippen LogP contribution >= 0.6 is 0 Å². The molecule has 1 aliphatic carbocycles. The Bertz CT molecular complexity index is 329. The van der Waals surface area contributed by atoms with Crippen LogP contribution in [0, 0.1) is 0 Å². The van der Waals surface area contributed by atoms with E-state index in [0.29, 0.717) is 5.92 Å². The number of hydrogen-bond acceptors (Lipinski definition) is 2. The summed E-state index contributed by atoms with van der Waals surface area (Å²) >= 11 is 0. The average Bonchev–Trinajstić information content (AvgIpc) is 2.29. The molecule has 0 amide bonds. The third-order valence-electron chi connectivity index (χ3n) is 3.46. The van der Waals surface area contributed by atoms with E-state index in [4.69, 9.17) is 0 Å². The van der Waals surface area contributed by atoms with Gasteiger partial charge < -0.3 is 0 Å². The normalized spacial score (nSPS) is 18.7. The van der Waals surface area contributed by atoms with Gasteiger partial charge in [-0.25, -0.2) is 0 Å². The van der Waals surface area contributed by atoms with Crippen LogP contribution in [0.25, 0.3) is 0 Å². The maximum atomic E-state index is 4.61. The molecule has 2 heteroatoms. The molecular weight excluding hydrogens is 196 g/mol. The second-order valence-corrected chi connectivity index (χ2v) is 5.91. The van der Waals surface area contributed by atoms with E-state index in [-0.39, 0.29) is 5.41 Å². The lowest BCUT2D eigenvalue weighted by Gasteiger charge is -2.22. The van der Waals surface area contributed by atoms with Gasteiger partial charge >= 0.3 is 0 Å². The van der Waals surface area contributed by atoms with Crippen LogP contribution in [-0.4, -0.2) is 9.97 Å². The molecule has 1 aromatic rings. The predicted octanol–water partition coefficient (Wildman–Crippen LogP) is 3.82. The Hall–Kier alpha value is -0.920. The minimum atomic E-state index is 0.109. The van der Waals surface area contributed by atoms with Crippen molar-refractivity contribution >= 4 is 0 Å². The van der Waals surface area contributed by atoms with Gasteiger partial charge in [-0.05, 0) is 12.8 Å². The van der Waals surface area contributed by atoms with E-state index in [1.165, 1.54) is 37.8 Å². The zero-order valence-corrected chi connectivity index (χ0v) is 10.7. The van der Waals surface area contributed by atoms with Crippen molar-refractivity contribution in [2.75, 3.05) is 0 Å². The highest BCUT2D eigenvalue weighted by atomic mass is 14.8. The Morgan fingerprint density at radius 2 is 1.69 bits per heavy atom. The highest BCUT2D eigenvalue weighted by Crippen LogP contribution is 2.31. The molecule has 0 aromatic carbocycles. The number of rotatable bonds is 1. The molecule has 0 radical (unpaired) electrons. The van der Waals surface area contributed by atoms with Crippen molar-refractivity contribution in [3.63, 3.8) is 0 Å². The molecule has 2 rings (SSSR count). The molecule has 0 spiro atoms. The molecule has 2 nitrogen and oxygen atoms in total. The molecule has 0 unspecified atom stereocenters. The van der Waals surface area contributed by atoms with Gasteiger partial charge in [-0.15, -0.1) is 0 Å². The molecule has 0 aliphatic heterocycles. The first-order chi connectivity index (χ1) is 7.57. The van der Waals surface area contributed by atoms with E-state index in [1.54, 1.807) is 0 Å². The summed E-state index contributed by atoms with van der Waals surface area (Å²) in [4.78, 5) is 9.17. The maximum absolute atomic E-state index is 4.61. The molecule has 0 saturated heterocycles. The van der Waals surface area contributed by atoms with E-state index < -0.39 is 0 Å². The van der Waals surface area contributed by atoms with Gasteiger partial charge in [0.15, 0.2) is 0 Å². The van der Waals surface area contributed by atoms with Crippen molar-refractivity contribution in [1.82, 2.24) is 9.97 Å². The molecule has 0 N–H and O–H groups in total. The first-order valence-corrected chi connectivity index (χ1v) is 6.40. The molecule has 1 aliphatic rings. The Morgan fingerprint density at radius 3 is 2.19 bits per heavy atom. The summed E-state index contributed by atoms with van der Waals surface area (Å²) in [5.41, 5.74) is 2.40. The van der Waals surface area contributed by atoms with Crippen LogP contribution < -0.4 is 0 Å². The summed E-state index contributed by atoms with van der Waals surface area (Å²) in [5, 5.41) is 0. The summed E-state index contributed by atoms with van der Waals surface area (Å²) in [6.07, 6.45) is 10.7. The van der Waals surface area contributed by atoms with Gasteiger partial charge in [0.2, 0.25) is 0 Å². The van der Waals surface area contributed by atoms with Gasteiger partial charge in [0.25, 0.3) is 0 Å². The molecule has 88 valence electrons. The van der Waals surface area contributed by atoms with Gasteiger partial charge in [-0.1, -0.05) is 40.0 Å². The second kappa shape index (κ2) is 4.52. The monoisotopic (exact) mass is 218 g/mol. The van der Waals surface area contributed by atoms with E-state index in [1.807, 2.05) is 12.4 Å². The minimum Gasteiger partial charge on any atom is -0.257 e. The first-order valence-electron chi connectivity index (χ1n) is 6.40. The Labute approximate surface area is 98.5 Å². The van der Waals surface area contributed by atoms with E-state index >= 15 is 0 Å². The van der Waals surface area contributed by atoms with E-state index in [0.717, 1.165) is 5.69 Å². The van der Waals surface area contributed by atoms with Crippen LogP contribution in [0.3, 0.4) is 0 Å². The first kappa shape index (κ1) is 11.6. The zero-order valence-electron chi connectivity index (χ0n) is 10.7. The topological polar surface area (TPSA) is 25.8 Å². The number of nitrogens with zero attached hydrogens (tertiary/aromatic N) is 2. The average molecular weight is 218 g/mol. The van der Waals surface area contributed by atoms with Gasteiger partial charge in [-0.3, -0.25) is 9.97 Å². The lowest BCUT2D eigenvalue weighted by molar-refractivity contribution is 0.434. The van der Waals surface area contributed by atoms with Crippen LogP contribution in [0.15, 0.2) is 12.4 Å². The van der Waals surface area contributed by atoms with E-state index in [9.17, 15) is 0 Å². The van der Waals surface area contributed by atoms with Gasteiger partial charge in [-0.2, -0.15) is 0 Å². The molecule has 1 saturated carbocycles. The van der Waals surface area contributed by atoms with E-state index in [2.05, 4.69) is 30.7 Å². The highest BCUT2D eigenvalue weighted by Gasteiger charge is 2.19. The molecule has 1 fully saturated rings. The Kier molecular flexibility index (Phi) is 3.27. The molecule has 1 aromatic heterocycles. The summed E-state index contributed by atoms with van der Waals surface area (Å²) in [5.74, 6) is 0.662. The van der Waals surface area contributed by atoms with Crippen LogP contribution in [0.1, 0.15) is 70.2 Å². The fourth-order valence-corrected chi connectivity index (χ4v) is 2.33. The fourth-order valence-electron chi connectivity index (χ4n) is 2.33. The summed E-state index contributed by atoms with van der Waals surface area (Å²) in [7, 11) is 0. The van der Waals surface area contributed by atoms with Crippen molar-refractivity contribution in [2.45, 2.75) is 64.2 Å². The molecular formula is C14H22N2. The molecule has 0 atom stereocenters. The van der Waals surface area contributed by atoms with Crippen molar-refractivity contribution < 1.29 is 0 Å². The second-order valence-electron chi connectivity index (χ2n) is 5.91. The summed E-state index contributed by atoms with van der Waals surface area (Å²) in [6.45, 7) is 6.53. The van der Waals surface area contributed by atoms with Crippen molar-refractivity contribution in [3.8, 4) is 0 Å². The molecule has 16 heavy (non-hydrogen) atoms. The smallest absolute Gasteiger partial charge is 0.0640 e. The molecule has 0 bridgehead atoms. The fraction of sp³-hybridized carbons (Fsp3) is 0.714. The lowest BCUT2D eigenvalue weighted by atomic mass is 9.87. The SMILES string of the molecule is CC(C)(C)c1cnc(C2CCCCC2)cn1. The third-order valence-corrected chi connectivity index (χ3v) is 3.46. The Morgan fingerprint density at radius 1 is 1.00 bits per heavy atom. The zero-order chi connectivity index (χ0) is 11.6. The van der Waals surface area contributed by atoms with Crippen LogP contribution in [0.4, 0.5) is 0 Å². The standard InChI is InChI=1S/C14H22N2/c1-14(2,3)13-10-15-12(9-16-13)11-7-5-4-6-8-11/h9-11H,4-8H2,1-3H3. The summed E-state index contributed by atoms with van der Waals surface area (Å²) in [6, 6.07) is 0. The van der Waals surface area contributed by atoms with Crippen LogP contribution in [0.5, 0.6) is 0 Å². The van der Waals surface area contributed by atoms with Gasteiger partial charge in [0.1, 0.15) is 0 Å². The predicted molar refractivity (Wildman–Crippen MR) is 66.6 cm³/mol. The van der Waals surface area contributed by atoms with Crippen LogP contribution in [0.2, 0.25) is 0 Å². The number of hydrogen-bond donors (Lipinski definition) is 0. The quantitative estimate of drug-likeness (QED) is 0.716. The minimum absolute atomic E-state index is 0.109. The van der Waals surface area contributed by atoms with Gasteiger partial charge in [0.05, 0.1) is 11.4 Å². The maximum Gasteiger partial charge on any atom is 0.0640 e. The third kappa shape index (κ3) is 2.60. The van der Waals surface area contributed by atoms with Crippen LogP contribution in [-0.2, 0) is 5.41 Å². The van der Waals surface area contributed by atoms with Crippen molar-refractivity contribution in [1.29, 1.82) is 0 Å². The lowest BCUT2D eigenvalue weighted by Crippen LogP contribution is -2.15. The van der Waals surface area contributed by atoms with Crippen molar-refractivity contribution in [3.05, 3.63) is 23.8 Å². The summed E-state index contributed by atoms with van der Waals surface area (Å²) < 4.78 is 0. The van der Waals surface area contributed by atoms with Gasteiger partial charge in [0, 0.05) is 23.7 Å². The largest absolute Gasteiger partial charge is 0.257 e. The highest BCUT2D eigenvalue weighted by molar-refractivity contribution is 5.13. The Balaban J connectivity index is 2.12. The molecule has 1 heterocycles. The number of aromatic nitrogens is 2.